The Morgan fingerprint density at radius 2 is 0.660 bits per heavy atom. The minimum absolute atomic E-state index is 0.00395. The van der Waals surface area contributed by atoms with E-state index in [-0.39, 0.29) is 11.8 Å². The van der Waals surface area contributed by atoms with Crippen molar-refractivity contribution in [1.29, 1.82) is 0 Å². The van der Waals surface area contributed by atoms with Crippen LogP contribution in [0.5, 0.6) is 0 Å². The predicted octanol–water partition coefficient (Wildman–Crippen LogP) is 10.5. The Morgan fingerprint density at radius 3 is 0.962 bits per heavy atom. The van der Waals surface area contributed by atoms with Crippen LogP contribution in [0.3, 0.4) is 0 Å². The summed E-state index contributed by atoms with van der Waals surface area (Å²) in [5.74, 6) is -0.267. The van der Waals surface area contributed by atoms with Gasteiger partial charge in [0.05, 0.1) is 18.8 Å². The smallest absolute Gasteiger partial charge is 0.143 e. The maximum Gasteiger partial charge on any atom is 0.143 e. The van der Waals surface area contributed by atoms with Gasteiger partial charge in [0.2, 0.25) is 0 Å². The van der Waals surface area contributed by atoms with Crippen molar-refractivity contribution in [3.8, 4) is 0 Å². The molecule has 0 spiro atoms. The highest BCUT2D eigenvalue weighted by Crippen LogP contribution is 2.54. The van der Waals surface area contributed by atoms with Crippen molar-refractivity contribution in [2.45, 2.75) is 23.2 Å². The van der Waals surface area contributed by atoms with Crippen LogP contribution in [0.15, 0.2) is 212 Å². The van der Waals surface area contributed by atoms with Crippen LogP contribution < -0.4 is 0 Å². The third-order valence-corrected chi connectivity index (χ3v) is 11.1. The Hall–Kier alpha value is -5.58. The van der Waals surface area contributed by atoms with Crippen LogP contribution in [-0.2, 0) is 26.3 Å². The van der Waals surface area contributed by atoms with Crippen molar-refractivity contribution in [2.24, 2.45) is 11.8 Å². The quantitative estimate of drug-likeness (QED) is 0.122. The molecule has 1 aliphatic rings. The molecule has 7 aromatic carbocycles. The topological polar surface area (TPSA) is 38.7 Å². The highest BCUT2D eigenvalue weighted by Gasteiger charge is 2.56. The Morgan fingerprint density at radius 1 is 0.396 bits per heavy atom. The summed E-state index contributed by atoms with van der Waals surface area (Å²) in [4.78, 5) is 0. The van der Waals surface area contributed by atoms with Crippen molar-refractivity contribution in [1.82, 2.24) is 0 Å². The lowest BCUT2D eigenvalue weighted by atomic mass is 9.59. The van der Waals surface area contributed by atoms with Gasteiger partial charge >= 0.3 is 0 Å². The number of aliphatic hydroxyl groups is 1. The molecule has 3 nitrogen and oxygen atoms in total. The third-order valence-electron chi connectivity index (χ3n) is 11.1. The molecule has 3 heteroatoms. The lowest BCUT2D eigenvalue weighted by Crippen LogP contribution is -2.56. The summed E-state index contributed by atoms with van der Waals surface area (Å²) in [6.45, 7) is 0.712. The first-order valence-corrected chi connectivity index (χ1v) is 18.5. The largest absolute Gasteiger partial charge is 0.385 e. The predicted molar refractivity (Wildman–Crippen MR) is 212 cm³/mol. The van der Waals surface area contributed by atoms with Crippen LogP contribution in [0.25, 0.3) is 0 Å². The number of rotatable bonds is 13. The van der Waals surface area contributed by atoms with E-state index in [0.717, 1.165) is 38.9 Å². The standard InChI is InChI=1S/C50H44O3/c51-48(40-22-8-1-9-23-40)36-39(37-52-49(41-24-10-2-11-25-41,42-26-12-3-13-27-42)43-28-14-4-15-29-43)47(48)38-53-50(44-30-16-5-17-31-44,45-32-18-6-19-33-45)46-34-20-7-21-35-46/h1-35,39,47,51H,36-38H2/t39-,47-,48+/m1/s1. The van der Waals surface area contributed by atoms with Crippen molar-refractivity contribution in [3.63, 3.8) is 0 Å². The SMILES string of the molecule is O[C@]1(c2ccccc2)C[C@H](COC(c2ccccc2)(c2ccccc2)c2ccccc2)[C@H]1COC(c1ccccc1)(c1ccccc1)c1ccccc1. The molecule has 0 aliphatic heterocycles. The fraction of sp³-hybridized carbons (Fsp3) is 0.160. The first-order chi connectivity index (χ1) is 26.1. The van der Waals surface area contributed by atoms with Gasteiger partial charge in [-0.1, -0.05) is 212 Å². The highest BCUT2D eigenvalue weighted by atomic mass is 16.5. The molecule has 0 saturated heterocycles. The van der Waals surface area contributed by atoms with E-state index in [1.807, 2.05) is 66.7 Å². The normalized spacial score (nSPS) is 18.6. The van der Waals surface area contributed by atoms with Crippen molar-refractivity contribution >= 4 is 0 Å². The van der Waals surface area contributed by atoms with E-state index in [9.17, 15) is 5.11 Å². The number of benzene rings is 7. The van der Waals surface area contributed by atoms with E-state index >= 15 is 0 Å². The van der Waals surface area contributed by atoms with Gasteiger partial charge in [-0.3, -0.25) is 0 Å². The summed E-state index contributed by atoms with van der Waals surface area (Å²) in [6, 6.07) is 72.9. The van der Waals surface area contributed by atoms with Gasteiger partial charge in [0, 0.05) is 5.92 Å². The second kappa shape index (κ2) is 15.2. The third kappa shape index (κ3) is 6.42. The number of ether oxygens (including phenoxy) is 2. The lowest BCUT2D eigenvalue weighted by molar-refractivity contribution is -0.203. The summed E-state index contributed by atoms with van der Waals surface area (Å²) < 4.78 is 14.8. The van der Waals surface area contributed by atoms with Gasteiger partial charge < -0.3 is 14.6 Å². The molecule has 0 amide bonds. The van der Waals surface area contributed by atoms with Crippen molar-refractivity contribution in [2.75, 3.05) is 13.2 Å². The summed E-state index contributed by atoms with van der Waals surface area (Å²) in [7, 11) is 0. The van der Waals surface area contributed by atoms with E-state index < -0.39 is 16.8 Å². The lowest BCUT2D eigenvalue weighted by Gasteiger charge is -2.53. The number of hydrogen-bond donors (Lipinski definition) is 1. The zero-order chi connectivity index (χ0) is 36.0. The molecule has 1 saturated carbocycles. The molecule has 8 rings (SSSR count). The molecule has 0 radical (unpaired) electrons. The van der Waals surface area contributed by atoms with Crippen LogP contribution in [0.2, 0.25) is 0 Å². The second-order valence-corrected chi connectivity index (χ2v) is 14.0. The molecular weight excluding hydrogens is 649 g/mol. The van der Waals surface area contributed by atoms with Gasteiger partial charge in [0.1, 0.15) is 11.2 Å². The summed E-state index contributed by atoms with van der Waals surface area (Å²) in [5, 5.41) is 12.7. The van der Waals surface area contributed by atoms with Gasteiger partial charge in [0.25, 0.3) is 0 Å². The summed E-state index contributed by atoms with van der Waals surface area (Å²) in [5.41, 5.74) is 4.28. The minimum atomic E-state index is -1.10. The van der Waals surface area contributed by atoms with Crippen molar-refractivity contribution < 1.29 is 14.6 Å². The average Bonchev–Trinajstić information content (AvgIpc) is 3.24. The minimum Gasteiger partial charge on any atom is -0.385 e. The van der Waals surface area contributed by atoms with Gasteiger partial charge in [-0.15, -0.1) is 0 Å². The Bertz CT molecular complexity index is 1970. The first kappa shape index (κ1) is 34.5. The van der Waals surface area contributed by atoms with Crippen LogP contribution in [0.4, 0.5) is 0 Å². The maximum atomic E-state index is 12.7. The molecule has 0 unspecified atom stereocenters. The van der Waals surface area contributed by atoms with Crippen LogP contribution in [-0.4, -0.2) is 18.3 Å². The van der Waals surface area contributed by atoms with Crippen LogP contribution >= 0.6 is 0 Å². The Balaban J connectivity index is 1.21. The summed E-state index contributed by atoms with van der Waals surface area (Å²) in [6.07, 6.45) is 0.550. The molecule has 262 valence electrons. The molecule has 7 aromatic rings. The maximum absolute atomic E-state index is 12.7. The fourth-order valence-electron chi connectivity index (χ4n) is 8.41. The fourth-order valence-corrected chi connectivity index (χ4v) is 8.41. The van der Waals surface area contributed by atoms with E-state index in [1.165, 1.54) is 0 Å². The van der Waals surface area contributed by atoms with Crippen LogP contribution in [0.1, 0.15) is 45.4 Å². The van der Waals surface area contributed by atoms with Gasteiger partial charge in [-0.05, 0) is 51.3 Å². The molecule has 53 heavy (non-hydrogen) atoms. The van der Waals surface area contributed by atoms with Crippen LogP contribution in [0, 0.1) is 11.8 Å². The molecule has 0 bridgehead atoms. The van der Waals surface area contributed by atoms with E-state index in [1.54, 1.807) is 0 Å². The first-order valence-electron chi connectivity index (χ1n) is 18.5. The van der Waals surface area contributed by atoms with E-state index in [2.05, 4.69) is 146 Å². The molecule has 1 fully saturated rings. The molecule has 0 aromatic heterocycles. The molecular formula is C50H44O3. The molecule has 1 aliphatic carbocycles. The van der Waals surface area contributed by atoms with E-state index in [4.69, 9.17) is 9.47 Å². The Labute approximate surface area is 313 Å². The van der Waals surface area contributed by atoms with Crippen molar-refractivity contribution in [3.05, 3.63) is 251 Å². The molecule has 3 atom stereocenters. The van der Waals surface area contributed by atoms with Gasteiger partial charge in [-0.2, -0.15) is 0 Å². The Kier molecular flexibility index (Phi) is 9.88. The molecule has 0 heterocycles. The summed E-state index contributed by atoms with van der Waals surface area (Å²) >= 11 is 0. The molecule has 1 N–H and O–H groups in total. The monoisotopic (exact) mass is 692 g/mol. The zero-order valence-corrected chi connectivity index (χ0v) is 29.7. The van der Waals surface area contributed by atoms with Gasteiger partial charge in [-0.25, -0.2) is 0 Å². The van der Waals surface area contributed by atoms with Gasteiger partial charge in [0.15, 0.2) is 0 Å². The highest BCUT2D eigenvalue weighted by molar-refractivity contribution is 5.49. The second-order valence-electron chi connectivity index (χ2n) is 14.0. The average molecular weight is 693 g/mol. The number of hydrogen-bond acceptors (Lipinski definition) is 3. The van der Waals surface area contributed by atoms with E-state index in [0.29, 0.717) is 19.6 Å². The zero-order valence-electron chi connectivity index (χ0n) is 29.7.